The lowest BCUT2D eigenvalue weighted by Crippen LogP contribution is -1.57. The van der Waals surface area contributed by atoms with E-state index in [0.717, 1.165) is 0 Å². The summed E-state index contributed by atoms with van der Waals surface area (Å²) in [6, 6.07) is 1.62. The molecule has 0 N–H and O–H groups in total. The first-order valence-electron chi connectivity index (χ1n) is 8.76. The van der Waals surface area contributed by atoms with Gasteiger partial charge in [-0.25, -0.2) is 0 Å². The van der Waals surface area contributed by atoms with Crippen LogP contribution in [-0.2, 0) is 0 Å². The van der Waals surface area contributed by atoms with E-state index < -0.39 is 0 Å². The summed E-state index contributed by atoms with van der Waals surface area (Å²) in [4.78, 5) is 0. The zero-order valence-electron chi connectivity index (χ0n) is 18.0. The quantitative estimate of drug-likeness (QED) is 0.499. The van der Waals surface area contributed by atoms with Gasteiger partial charge in [0.1, 0.15) is 0 Å². The summed E-state index contributed by atoms with van der Waals surface area (Å²) in [7, 11) is 0. The zero-order valence-corrected chi connectivity index (χ0v) is 18.0. The minimum Gasteiger partial charge on any atom is -0.183 e. The molecule has 0 unspecified atom stereocenters. The van der Waals surface area contributed by atoms with Gasteiger partial charge in [-0.3, -0.25) is 0 Å². The van der Waals surface area contributed by atoms with Crippen LogP contribution in [0.3, 0.4) is 0 Å². The Morgan fingerprint density at radius 2 is 0.361 bits per heavy atom. The van der Waals surface area contributed by atoms with Crippen LogP contribution < -0.4 is 0 Å². The minimum absolute atomic E-state index is 1.62. The summed E-state index contributed by atoms with van der Waals surface area (Å²) >= 11 is 0. The molecule has 0 aromatic carbocycles. The Labute approximate surface area is 213 Å². The summed E-state index contributed by atoms with van der Waals surface area (Å²) in [6.07, 6.45) is 4.92. The van der Waals surface area contributed by atoms with Gasteiger partial charge in [-0.15, -0.1) is 6.42 Å². The van der Waals surface area contributed by atoms with Crippen molar-refractivity contribution in [2.45, 2.75) is 0 Å². The fourth-order valence-corrected chi connectivity index (χ4v) is 1.00. The predicted molar refractivity (Wildman–Crippen MR) is 139 cm³/mol. The molecule has 146 valence electrons. The van der Waals surface area contributed by atoms with E-state index in [9.17, 15) is 0 Å². The lowest BCUT2D eigenvalue weighted by atomic mass is 10.4. The van der Waals surface area contributed by atoms with Crippen molar-refractivity contribution < 1.29 is 0 Å². The Morgan fingerprint density at radius 3 is 0.500 bits per heavy atom. The van der Waals surface area contributed by atoms with Crippen molar-refractivity contribution in [2.24, 2.45) is 0 Å². The van der Waals surface area contributed by atoms with Crippen LogP contribution >= 0.6 is 0 Å². The molecule has 0 aromatic rings. The maximum Gasteiger partial charge on any atom is 0.153 e. The third kappa shape index (κ3) is 26.0. The van der Waals surface area contributed by atoms with Crippen LogP contribution in [0.4, 0.5) is 0 Å². The molecule has 1 nitrogen and oxygen atoms in total. The summed E-state index contributed by atoms with van der Waals surface area (Å²) in [5.74, 6) is 80.3. The molecule has 0 rings (SSSR count). The standard InChI is InChI=1S/C35HN/c1-2-3-4-5-6-7-8-9-10-11-12-13-14-15-16-17-18-19-20-21-22-23-24-25-26-27-28-29-30-31-32-33-34-35-36/h1H. The van der Waals surface area contributed by atoms with E-state index in [2.05, 4.69) is 195 Å². The summed E-state index contributed by atoms with van der Waals surface area (Å²) < 4.78 is 0. The normalized spacial score (nSPS) is 3.83. The van der Waals surface area contributed by atoms with Crippen LogP contribution in [-0.4, -0.2) is 0 Å². The maximum absolute atomic E-state index is 8.16. The van der Waals surface area contributed by atoms with Gasteiger partial charge in [0.15, 0.2) is 6.07 Å². The first-order valence-corrected chi connectivity index (χ1v) is 8.76. The largest absolute Gasteiger partial charge is 0.183 e. The molecule has 0 aliphatic carbocycles. The van der Waals surface area contributed by atoms with Crippen molar-refractivity contribution in [3.63, 3.8) is 0 Å². The van der Waals surface area contributed by atoms with E-state index in [1.54, 1.807) is 6.07 Å². The molecule has 1 heteroatoms. The minimum atomic E-state index is 1.62. The van der Waals surface area contributed by atoms with Crippen molar-refractivity contribution >= 4 is 0 Å². The summed E-state index contributed by atoms with van der Waals surface area (Å²) in [5.41, 5.74) is 0. The second-order valence-electron chi connectivity index (χ2n) is 4.26. The second-order valence-corrected chi connectivity index (χ2v) is 4.26. The Bertz CT molecular complexity index is 1880. The van der Waals surface area contributed by atoms with Crippen LogP contribution in [0.1, 0.15) is 0 Å². The van der Waals surface area contributed by atoms with E-state index in [1.807, 2.05) is 0 Å². The fourth-order valence-electron chi connectivity index (χ4n) is 1.00. The molecule has 36 heavy (non-hydrogen) atoms. The number of rotatable bonds is 0. The van der Waals surface area contributed by atoms with Crippen molar-refractivity contribution in [2.75, 3.05) is 0 Å². The van der Waals surface area contributed by atoms with Crippen molar-refractivity contribution in [3.8, 4) is 208 Å². The monoisotopic (exact) mass is 435 g/mol. The molecule has 0 radical (unpaired) electrons. The highest BCUT2D eigenvalue weighted by Crippen LogP contribution is 1.60. The molecule has 0 atom stereocenters. The van der Waals surface area contributed by atoms with Gasteiger partial charge in [-0.2, -0.15) is 5.26 Å². The molecule has 0 fully saturated rings. The molecule has 0 heterocycles. The Balaban J connectivity index is 4.50. The van der Waals surface area contributed by atoms with Gasteiger partial charge in [-0.05, 0) is 47.4 Å². The molecule has 0 amide bonds. The van der Waals surface area contributed by atoms with E-state index in [0.29, 0.717) is 0 Å². The van der Waals surface area contributed by atoms with Gasteiger partial charge in [0.05, 0.1) is 0 Å². The highest BCUT2D eigenvalue weighted by atomic mass is 14.2. The smallest absolute Gasteiger partial charge is 0.153 e. The van der Waals surface area contributed by atoms with E-state index in [1.165, 1.54) is 0 Å². The van der Waals surface area contributed by atoms with Gasteiger partial charge in [0, 0.05) is 148 Å². The molecule has 0 bridgehead atoms. The maximum atomic E-state index is 8.16. The van der Waals surface area contributed by atoms with Crippen LogP contribution in [0.25, 0.3) is 0 Å². The van der Waals surface area contributed by atoms with Gasteiger partial charge in [0.2, 0.25) is 0 Å². The predicted octanol–water partition coefficient (Wildman–Crippen LogP) is 0.198. The number of nitrogens with zero attached hydrogens (tertiary/aromatic N) is 1. The van der Waals surface area contributed by atoms with E-state index in [4.69, 9.17) is 11.7 Å². The first-order chi connectivity index (χ1) is 17.9. The first kappa shape index (κ1) is 28.0. The molecule has 0 aliphatic rings. The van der Waals surface area contributed by atoms with Crippen molar-refractivity contribution in [1.29, 1.82) is 5.26 Å². The third-order valence-electron chi connectivity index (χ3n) is 2.07. The van der Waals surface area contributed by atoms with E-state index in [-0.39, 0.29) is 0 Å². The van der Waals surface area contributed by atoms with Gasteiger partial charge in [-0.1, -0.05) is 0 Å². The van der Waals surface area contributed by atoms with E-state index >= 15 is 0 Å². The molecule has 0 saturated heterocycles. The lowest BCUT2D eigenvalue weighted by molar-refractivity contribution is 1.55. The second kappa shape index (κ2) is 27.0. The van der Waals surface area contributed by atoms with Gasteiger partial charge in [0.25, 0.3) is 0 Å². The average molecular weight is 435 g/mol. The number of hydrogen-bond acceptors (Lipinski definition) is 1. The summed E-state index contributed by atoms with van der Waals surface area (Å²) in [5, 5.41) is 8.16. The molecule has 0 aliphatic heterocycles. The summed E-state index contributed by atoms with van der Waals surface area (Å²) in [6.45, 7) is 0. The molecule has 0 aromatic heterocycles. The SMILES string of the molecule is C#CC#CC#CC#CC#CC#CC#CC#CC#CC#CC#CC#CC#CC#CC#CC#CC#CC#N. The molecular formula is C35HN. The van der Waals surface area contributed by atoms with Crippen molar-refractivity contribution in [1.82, 2.24) is 0 Å². The van der Waals surface area contributed by atoms with Crippen LogP contribution in [0.2, 0.25) is 0 Å². The topological polar surface area (TPSA) is 23.8 Å². The van der Waals surface area contributed by atoms with Gasteiger partial charge >= 0.3 is 0 Å². The molecule has 0 spiro atoms. The number of terminal acetylenes is 1. The van der Waals surface area contributed by atoms with Crippen molar-refractivity contribution in [3.05, 3.63) is 0 Å². The Hall–Kier alpha value is -7.99. The Kier molecular flexibility index (Phi) is 21.0. The lowest BCUT2D eigenvalue weighted by Gasteiger charge is -1.57. The highest BCUT2D eigenvalue weighted by molar-refractivity contribution is 5.49. The van der Waals surface area contributed by atoms with Crippen LogP contribution in [0.15, 0.2) is 0 Å². The molecular weight excluding hydrogens is 434 g/mol. The number of nitriles is 1. The fraction of sp³-hybridized carbons (Fsp3) is 0. The third-order valence-corrected chi connectivity index (χ3v) is 2.07. The van der Waals surface area contributed by atoms with Gasteiger partial charge < -0.3 is 0 Å². The average Bonchev–Trinajstić information content (AvgIpc) is 2.89. The Morgan fingerprint density at radius 1 is 0.222 bits per heavy atom. The number of hydrogen-bond donors (Lipinski definition) is 0. The highest BCUT2D eigenvalue weighted by Gasteiger charge is 1.60. The van der Waals surface area contributed by atoms with Crippen LogP contribution in [0.5, 0.6) is 0 Å². The zero-order chi connectivity index (χ0) is 26.0. The molecule has 0 saturated carbocycles. The van der Waals surface area contributed by atoms with Crippen LogP contribution in [0, 0.1) is 213 Å².